The molecule has 2 N–H and O–H groups in total. The summed E-state index contributed by atoms with van der Waals surface area (Å²) in [5.41, 5.74) is 0.505. The molecule has 0 aliphatic carbocycles. The number of benzene rings is 4. The van der Waals surface area contributed by atoms with Gasteiger partial charge >= 0.3 is 0 Å². The molecule has 268 valence electrons. The van der Waals surface area contributed by atoms with Crippen LogP contribution in [0.3, 0.4) is 0 Å². The Hall–Kier alpha value is -3.40. The summed E-state index contributed by atoms with van der Waals surface area (Å²) in [6.07, 6.45) is 0. The second kappa shape index (κ2) is 15.9. The SMILES string of the molecule is O=C(NC1=N[C@@]2(c3cc(Br)ccc3F)COC[C@H]2CS1)c1ccccc1.O=C(NC1=N[C@]2(c3cc(Br)ccc3F)COC[C@@H]2CS1)c1ccccc1. The van der Waals surface area contributed by atoms with Gasteiger partial charge in [-0.1, -0.05) is 91.8 Å². The summed E-state index contributed by atoms with van der Waals surface area (Å²) in [5, 5.41) is 6.72. The maximum Gasteiger partial charge on any atom is 0.257 e. The van der Waals surface area contributed by atoms with Crippen LogP contribution in [0.5, 0.6) is 0 Å². The smallest absolute Gasteiger partial charge is 0.257 e. The van der Waals surface area contributed by atoms with Crippen LogP contribution < -0.4 is 10.6 Å². The molecular formula is C38H32Br2F2N4O4S2. The van der Waals surface area contributed by atoms with Crippen LogP contribution in [0, 0.1) is 23.5 Å². The summed E-state index contributed by atoms with van der Waals surface area (Å²) >= 11 is 9.76. The zero-order valence-electron chi connectivity index (χ0n) is 27.5. The number of aliphatic imine (C=N–C) groups is 2. The lowest BCUT2D eigenvalue weighted by atomic mass is 9.81. The molecule has 0 spiro atoms. The quantitative estimate of drug-likeness (QED) is 0.216. The molecule has 0 saturated carbocycles. The molecule has 2 amide bonds. The highest BCUT2D eigenvalue weighted by atomic mass is 79.9. The second-order valence-corrected chi connectivity index (χ2v) is 16.5. The summed E-state index contributed by atoms with van der Waals surface area (Å²) in [4.78, 5) is 34.4. The number of hydrogen-bond acceptors (Lipinski definition) is 8. The number of carbonyl (C=O) groups is 2. The van der Waals surface area contributed by atoms with Crippen molar-refractivity contribution >= 4 is 77.5 Å². The lowest BCUT2D eigenvalue weighted by Crippen LogP contribution is -2.42. The van der Waals surface area contributed by atoms with Crippen molar-refractivity contribution in [3.63, 3.8) is 0 Å². The monoisotopic (exact) mass is 868 g/mol. The van der Waals surface area contributed by atoms with Crippen LogP contribution in [-0.2, 0) is 20.6 Å². The van der Waals surface area contributed by atoms with Gasteiger partial charge in [0, 0.05) is 54.5 Å². The highest BCUT2D eigenvalue weighted by Crippen LogP contribution is 2.47. The van der Waals surface area contributed by atoms with Gasteiger partial charge in [0.05, 0.1) is 26.4 Å². The first kappa shape index (κ1) is 36.9. The van der Waals surface area contributed by atoms with Gasteiger partial charge in [0.1, 0.15) is 22.7 Å². The van der Waals surface area contributed by atoms with Crippen molar-refractivity contribution in [1.29, 1.82) is 0 Å². The molecule has 14 heteroatoms. The van der Waals surface area contributed by atoms with Crippen molar-refractivity contribution < 1.29 is 27.8 Å². The topological polar surface area (TPSA) is 101 Å². The Balaban J connectivity index is 0.000000162. The minimum Gasteiger partial charge on any atom is -0.378 e. The summed E-state index contributed by atoms with van der Waals surface area (Å²) in [5.74, 6) is 0.473. The number of nitrogens with one attached hydrogen (secondary N) is 2. The molecule has 0 radical (unpaired) electrons. The first-order valence-electron chi connectivity index (χ1n) is 16.4. The van der Waals surface area contributed by atoms with E-state index >= 15 is 0 Å². The van der Waals surface area contributed by atoms with Gasteiger partial charge in [-0.25, -0.2) is 18.8 Å². The van der Waals surface area contributed by atoms with Gasteiger partial charge in [-0.3, -0.25) is 9.59 Å². The van der Waals surface area contributed by atoms with E-state index < -0.39 is 11.1 Å². The third-order valence-corrected chi connectivity index (χ3v) is 12.4. The van der Waals surface area contributed by atoms with Gasteiger partial charge in [0.15, 0.2) is 10.3 Å². The van der Waals surface area contributed by atoms with Crippen LogP contribution in [-0.4, -0.2) is 60.1 Å². The average Bonchev–Trinajstić information content (AvgIpc) is 3.80. The molecule has 4 aromatic carbocycles. The van der Waals surface area contributed by atoms with E-state index in [4.69, 9.17) is 19.5 Å². The van der Waals surface area contributed by atoms with E-state index in [2.05, 4.69) is 42.5 Å². The fourth-order valence-electron chi connectivity index (χ4n) is 6.65. The van der Waals surface area contributed by atoms with Crippen molar-refractivity contribution in [3.05, 3.63) is 140 Å². The molecule has 2 saturated heterocycles. The van der Waals surface area contributed by atoms with Crippen molar-refractivity contribution in [2.75, 3.05) is 37.9 Å². The number of amidine groups is 2. The number of thioether (sulfide) groups is 2. The molecule has 8 nitrogen and oxygen atoms in total. The molecular weight excluding hydrogens is 838 g/mol. The predicted octanol–water partition coefficient (Wildman–Crippen LogP) is 7.93. The number of ether oxygens (including phenoxy) is 2. The Bertz CT molecular complexity index is 1900. The Labute approximate surface area is 324 Å². The second-order valence-electron chi connectivity index (χ2n) is 12.6. The molecule has 0 aromatic heterocycles. The molecule has 8 rings (SSSR count). The van der Waals surface area contributed by atoms with E-state index in [0.29, 0.717) is 70.5 Å². The van der Waals surface area contributed by atoms with Crippen LogP contribution in [0.15, 0.2) is 116 Å². The zero-order chi connectivity index (χ0) is 36.3. The van der Waals surface area contributed by atoms with Gasteiger partial charge in [0.25, 0.3) is 11.8 Å². The van der Waals surface area contributed by atoms with Crippen LogP contribution in [0.1, 0.15) is 31.8 Å². The Morgan fingerprint density at radius 3 is 1.46 bits per heavy atom. The first-order valence-corrected chi connectivity index (χ1v) is 20.0. The number of amides is 2. The van der Waals surface area contributed by atoms with E-state index in [1.807, 2.05) is 36.4 Å². The molecule has 0 bridgehead atoms. The minimum absolute atomic E-state index is 0.0636. The first-order chi connectivity index (χ1) is 25.2. The molecule has 2 fully saturated rings. The van der Waals surface area contributed by atoms with Crippen LogP contribution in [0.2, 0.25) is 0 Å². The number of fused-ring (bicyclic) bond motifs is 2. The standard InChI is InChI=1S/2C19H16BrFN2O2S/c2*20-14-6-7-16(21)15(8-14)19-11-25-9-13(19)10-26-18(23-19)22-17(24)12-4-2-1-3-5-12/h2*1-8,13H,9-11H2,(H,22,23,24)/t2*13-,19-/m10/s1. The Morgan fingerprint density at radius 2 is 1.06 bits per heavy atom. The van der Waals surface area contributed by atoms with Crippen LogP contribution >= 0.6 is 55.4 Å². The van der Waals surface area contributed by atoms with E-state index in [1.54, 1.807) is 48.5 Å². The summed E-state index contributed by atoms with van der Waals surface area (Å²) < 4.78 is 42.1. The van der Waals surface area contributed by atoms with Gasteiger partial charge in [-0.2, -0.15) is 0 Å². The fourth-order valence-corrected chi connectivity index (χ4v) is 9.62. The highest BCUT2D eigenvalue weighted by molar-refractivity contribution is 9.10. The maximum atomic E-state index is 14.6. The number of halogens is 4. The summed E-state index contributed by atoms with van der Waals surface area (Å²) in [6.45, 7) is 1.66. The predicted molar refractivity (Wildman–Crippen MR) is 208 cm³/mol. The van der Waals surface area contributed by atoms with Crippen molar-refractivity contribution in [2.24, 2.45) is 21.8 Å². The Morgan fingerprint density at radius 1 is 0.654 bits per heavy atom. The Kier molecular flexibility index (Phi) is 11.3. The van der Waals surface area contributed by atoms with E-state index in [1.165, 1.54) is 35.7 Å². The lowest BCUT2D eigenvalue weighted by Gasteiger charge is -2.35. The average molecular weight is 871 g/mol. The molecule has 4 atom stereocenters. The molecule has 52 heavy (non-hydrogen) atoms. The number of carbonyl (C=O) groups excluding carboxylic acids is 2. The van der Waals surface area contributed by atoms with Crippen LogP contribution in [0.25, 0.3) is 0 Å². The molecule has 4 aromatic rings. The van der Waals surface area contributed by atoms with E-state index in [9.17, 15) is 18.4 Å². The lowest BCUT2D eigenvalue weighted by molar-refractivity contribution is 0.0969. The number of hydrogen-bond donors (Lipinski definition) is 2. The third kappa shape index (κ3) is 7.64. The summed E-state index contributed by atoms with van der Waals surface area (Å²) in [6, 6.07) is 27.6. The van der Waals surface area contributed by atoms with Gasteiger partial charge in [0.2, 0.25) is 0 Å². The van der Waals surface area contributed by atoms with E-state index in [0.717, 1.165) is 8.95 Å². The van der Waals surface area contributed by atoms with Crippen LogP contribution in [0.4, 0.5) is 8.78 Å². The molecule has 4 heterocycles. The van der Waals surface area contributed by atoms with Gasteiger partial charge in [-0.05, 0) is 60.7 Å². The zero-order valence-corrected chi connectivity index (χ0v) is 32.3. The molecule has 0 unspecified atom stereocenters. The molecule has 4 aliphatic heterocycles. The maximum absolute atomic E-state index is 14.6. The van der Waals surface area contributed by atoms with Gasteiger partial charge < -0.3 is 20.1 Å². The largest absolute Gasteiger partial charge is 0.378 e. The minimum atomic E-state index is -0.807. The highest BCUT2D eigenvalue weighted by Gasteiger charge is 2.51. The van der Waals surface area contributed by atoms with Gasteiger partial charge in [-0.15, -0.1) is 0 Å². The van der Waals surface area contributed by atoms with Crippen molar-refractivity contribution in [2.45, 2.75) is 11.1 Å². The molecule has 4 aliphatic rings. The fraction of sp³-hybridized carbons (Fsp3) is 0.263. The van der Waals surface area contributed by atoms with E-state index in [-0.39, 0.29) is 35.3 Å². The van der Waals surface area contributed by atoms with Crippen molar-refractivity contribution in [1.82, 2.24) is 10.6 Å². The third-order valence-electron chi connectivity index (χ3n) is 9.38. The number of nitrogens with zero attached hydrogens (tertiary/aromatic N) is 2. The number of rotatable bonds is 4. The normalized spacial score (nSPS) is 24.7. The summed E-state index contributed by atoms with van der Waals surface area (Å²) in [7, 11) is 0. The van der Waals surface area contributed by atoms with Crippen molar-refractivity contribution in [3.8, 4) is 0 Å².